The number of carbonyl (C=O) groups is 3. The summed E-state index contributed by atoms with van der Waals surface area (Å²) in [5.41, 5.74) is 8.25. The third kappa shape index (κ3) is 11.8. The first-order valence-corrected chi connectivity index (χ1v) is 15.9. The van der Waals surface area contributed by atoms with E-state index in [0.29, 0.717) is 17.4 Å². The van der Waals surface area contributed by atoms with E-state index in [1.165, 1.54) is 11.3 Å². The molecule has 6 N–H and O–H groups in total. The molecule has 45 heavy (non-hydrogen) atoms. The lowest BCUT2D eigenvalue weighted by Gasteiger charge is -2.22. The number of ether oxygens (including phenoxy) is 1. The van der Waals surface area contributed by atoms with Gasteiger partial charge in [-0.1, -0.05) is 65.9 Å². The zero-order valence-corrected chi connectivity index (χ0v) is 27.0. The fraction of sp³-hybridized carbons (Fsp3) is 0.364. The molecule has 1 aliphatic heterocycles. The van der Waals surface area contributed by atoms with Crippen molar-refractivity contribution >= 4 is 34.4 Å². The highest BCUT2D eigenvalue weighted by Crippen LogP contribution is 2.19. The number of anilines is 1. The molecule has 0 spiro atoms. The molecule has 2 aromatic carbocycles. The van der Waals surface area contributed by atoms with Gasteiger partial charge in [-0.05, 0) is 69.7 Å². The predicted molar refractivity (Wildman–Crippen MR) is 174 cm³/mol. The Labute approximate surface area is 267 Å². The number of quaternary nitrogens is 1. The van der Waals surface area contributed by atoms with Gasteiger partial charge >= 0.3 is 6.09 Å². The molecule has 0 bridgehead atoms. The highest BCUT2D eigenvalue weighted by atomic mass is 32.1. The largest absolute Gasteiger partial charge is 0.444 e. The number of alkyl carbamates (subject to hydrolysis) is 1. The van der Waals surface area contributed by atoms with Gasteiger partial charge < -0.3 is 15.4 Å². The molecule has 2 heterocycles. The van der Waals surface area contributed by atoms with Crippen molar-refractivity contribution < 1.29 is 24.5 Å². The van der Waals surface area contributed by atoms with Crippen molar-refractivity contribution in [1.82, 2.24) is 26.3 Å². The first-order valence-electron chi connectivity index (χ1n) is 15.1. The van der Waals surface area contributed by atoms with E-state index in [9.17, 15) is 14.4 Å². The lowest BCUT2D eigenvalue weighted by Crippen LogP contribution is -2.93. The van der Waals surface area contributed by atoms with Gasteiger partial charge in [-0.3, -0.25) is 14.9 Å². The van der Waals surface area contributed by atoms with Crippen LogP contribution in [0.15, 0.2) is 78.3 Å². The number of amides is 3. The van der Waals surface area contributed by atoms with E-state index in [0.717, 1.165) is 53.1 Å². The van der Waals surface area contributed by atoms with E-state index in [4.69, 9.17) is 4.74 Å². The minimum atomic E-state index is -0.574. The lowest BCUT2D eigenvalue weighted by molar-refractivity contribution is -0.664. The van der Waals surface area contributed by atoms with E-state index in [2.05, 4.69) is 31.6 Å². The molecule has 1 aliphatic rings. The first kappa shape index (κ1) is 33.3. The zero-order valence-electron chi connectivity index (χ0n) is 26.2. The Bertz CT molecular complexity index is 1530. The molecule has 238 valence electrons. The number of carbonyl (C=O) groups excluding carboxylic acids is 3. The van der Waals surface area contributed by atoms with Gasteiger partial charge in [0.05, 0.1) is 24.6 Å². The quantitative estimate of drug-likeness (QED) is 0.140. The molecule has 0 fully saturated rings. The third-order valence-electron chi connectivity index (χ3n) is 6.72. The minimum absolute atomic E-state index is 0.104. The van der Waals surface area contributed by atoms with Crippen LogP contribution in [0, 0.1) is 0 Å². The SMILES string of the molecule is CC(NC(=O)OC(C)(C)C)c1cccc(CC(=O)NC2=CC=C(CCCCc3nnc(NC(=O)Cc4ccccc4)s3)N[NH2+]2)c1. The average molecular weight is 633 g/mol. The van der Waals surface area contributed by atoms with Crippen LogP contribution in [0.5, 0.6) is 0 Å². The number of hydrogen-bond donors (Lipinski definition) is 5. The van der Waals surface area contributed by atoms with Crippen LogP contribution in [0.4, 0.5) is 9.93 Å². The number of benzene rings is 2. The second-order valence-electron chi connectivity index (χ2n) is 11.9. The summed E-state index contributed by atoms with van der Waals surface area (Å²) in [6.45, 7) is 7.33. The molecular weight excluding hydrogens is 590 g/mol. The van der Waals surface area contributed by atoms with Gasteiger partial charge in [0.25, 0.3) is 0 Å². The van der Waals surface area contributed by atoms with Crippen molar-refractivity contribution in [1.29, 1.82) is 0 Å². The molecule has 4 rings (SSSR count). The summed E-state index contributed by atoms with van der Waals surface area (Å²) in [5.74, 6) is 0.455. The molecule has 1 atom stereocenters. The maximum absolute atomic E-state index is 12.7. The van der Waals surface area contributed by atoms with Crippen LogP contribution >= 0.6 is 11.3 Å². The van der Waals surface area contributed by atoms with Crippen LogP contribution in [0.2, 0.25) is 0 Å². The van der Waals surface area contributed by atoms with E-state index in [1.54, 1.807) is 5.43 Å². The van der Waals surface area contributed by atoms with Crippen LogP contribution in [0.25, 0.3) is 0 Å². The van der Waals surface area contributed by atoms with Gasteiger partial charge in [0.1, 0.15) is 10.6 Å². The van der Waals surface area contributed by atoms with E-state index in [1.807, 2.05) is 94.4 Å². The van der Waals surface area contributed by atoms with Gasteiger partial charge in [-0.15, -0.1) is 10.2 Å². The van der Waals surface area contributed by atoms with Crippen molar-refractivity contribution in [2.45, 2.75) is 77.9 Å². The number of nitrogens with zero attached hydrogens (tertiary/aromatic N) is 2. The van der Waals surface area contributed by atoms with Gasteiger partial charge in [0, 0.05) is 12.5 Å². The number of aromatic nitrogens is 2. The Balaban J connectivity index is 1.15. The summed E-state index contributed by atoms with van der Waals surface area (Å²) in [6, 6.07) is 16.9. The molecular formula is C33H42N7O4S+. The molecule has 1 unspecified atom stereocenters. The van der Waals surface area contributed by atoms with Crippen LogP contribution in [-0.4, -0.2) is 33.7 Å². The molecule has 0 saturated heterocycles. The Kier molecular flexibility index (Phi) is 11.8. The van der Waals surface area contributed by atoms with E-state index < -0.39 is 11.7 Å². The monoisotopic (exact) mass is 632 g/mol. The fourth-order valence-electron chi connectivity index (χ4n) is 4.56. The second kappa shape index (κ2) is 16.0. The summed E-state index contributed by atoms with van der Waals surface area (Å²) in [6.07, 6.45) is 7.43. The molecule has 12 heteroatoms. The molecule has 1 aromatic heterocycles. The Morgan fingerprint density at radius 2 is 1.62 bits per heavy atom. The Morgan fingerprint density at radius 1 is 0.911 bits per heavy atom. The van der Waals surface area contributed by atoms with Crippen molar-refractivity contribution in [3.8, 4) is 0 Å². The second-order valence-corrected chi connectivity index (χ2v) is 12.9. The minimum Gasteiger partial charge on any atom is -0.444 e. The third-order valence-corrected chi connectivity index (χ3v) is 7.62. The van der Waals surface area contributed by atoms with E-state index in [-0.39, 0.29) is 24.3 Å². The van der Waals surface area contributed by atoms with Crippen LogP contribution in [0.1, 0.15) is 74.7 Å². The molecule has 11 nitrogen and oxygen atoms in total. The smallest absolute Gasteiger partial charge is 0.408 e. The van der Waals surface area contributed by atoms with Gasteiger partial charge in [-0.25, -0.2) is 10.2 Å². The number of hydrogen-bond acceptors (Lipinski definition) is 8. The highest BCUT2D eigenvalue weighted by Gasteiger charge is 2.19. The number of nitrogens with one attached hydrogen (secondary N) is 4. The van der Waals surface area contributed by atoms with Gasteiger partial charge in [0.15, 0.2) is 0 Å². The van der Waals surface area contributed by atoms with Gasteiger partial charge in [-0.2, -0.15) is 5.43 Å². The van der Waals surface area contributed by atoms with Gasteiger partial charge in [0.2, 0.25) is 22.8 Å². The topological polar surface area (TPSA) is 151 Å². The maximum atomic E-state index is 12.7. The van der Waals surface area contributed by atoms with E-state index >= 15 is 0 Å². The number of rotatable bonds is 13. The predicted octanol–water partition coefficient (Wildman–Crippen LogP) is 4.18. The van der Waals surface area contributed by atoms with Crippen LogP contribution in [-0.2, 0) is 33.6 Å². The number of allylic oxidation sites excluding steroid dienone is 3. The maximum Gasteiger partial charge on any atom is 0.408 e. The van der Waals surface area contributed by atoms with Crippen molar-refractivity contribution in [2.75, 3.05) is 5.32 Å². The zero-order chi connectivity index (χ0) is 32.2. The normalized spacial score (nSPS) is 13.5. The Morgan fingerprint density at radius 3 is 2.36 bits per heavy atom. The summed E-state index contributed by atoms with van der Waals surface area (Å²) < 4.78 is 5.34. The number of aryl methyl sites for hydroxylation is 1. The molecule has 0 aliphatic carbocycles. The first-order chi connectivity index (χ1) is 21.5. The highest BCUT2D eigenvalue weighted by molar-refractivity contribution is 7.15. The van der Waals surface area contributed by atoms with Crippen molar-refractivity contribution in [3.05, 3.63) is 100.0 Å². The standard InChI is InChI=1S/C33H41N7O4S/c1-22(34-32(43)44-33(2,3)4)25-14-10-13-24(19-25)21-28(41)35-27-18-17-26(37-38-27)15-8-9-16-30-39-40-31(45-30)36-29(42)20-23-11-6-5-7-12-23/h5-7,10-14,17-19,22,37-38H,8-9,15-16,20-21H2,1-4H3,(H,34,43)(H,35,41)(H,36,40,42)/p+1. The lowest BCUT2D eigenvalue weighted by atomic mass is 10.0. The number of nitrogens with two attached hydrogens (primary N) is 1. The molecule has 0 saturated carbocycles. The summed E-state index contributed by atoms with van der Waals surface area (Å²) in [4.78, 5) is 37.1. The average Bonchev–Trinajstić information content (AvgIpc) is 3.42. The molecule has 3 amide bonds. The van der Waals surface area contributed by atoms with Crippen molar-refractivity contribution in [2.24, 2.45) is 0 Å². The number of unbranched alkanes of at least 4 members (excludes halogenated alkanes) is 1. The summed E-state index contributed by atoms with van der Waals surface area (Å²) in [5, 5.41) is 18.3. The fourth-order valence-corrected chi connectivity index (χ4v) is 5.36. The molecule has 3 aromatic rings. The van der Waals surface area contributed by atoms with Crippen molar-refractivity contribution in [3.63, 3.8) is 0 Å². The molecule has 0 radical (unpaired) electrons. The summed E-state index contributed by atoms with van der Waals surface area (Å²) in [7, 11) is 0. The Hall–Kier alpha value is -4.55. The van der Waals surface area contributed by atoms with Crippen LogP contribution < -0.4 is 26.8 Å². The van der Waals surface area contributed by atoms with Crippen LogP contribution in [0.3, 0.4) is 0 Å². The summed E-state index contributed by atoms with van der Waals surface area (Å²) >= 11 is 1.41.